The molecule has 2 aliphatic rings. The fourth-order valence-corrected chi connectivity index (χ4v) is 4.82. The maximum Gasteiger partial charge on any atom is 0.263 e. The number of aromatic nitrogens is 2. The molecule has 2 aromatic carbocycles. The van der Waals surface area contributed by atoms with Gasteiger partial charge in [0, 0.05) is 18.8 Å². The zero-order chi connectivity index (χ0) is 20.0. The van der Waals surface area contributed by atoms with Crippen LogP contribution in [0.3, 0.4) is 0 Å². The zero-order valence-corrected chi connectivity index (χ0v) is 16.4. The third-order valence-electron chi connectivity index (χ3n) is 5.20. The van der Waals surface area contributed by atoms with Gasteiger partial charge >= 0.3 is 0 Å². The molecule has 3 heterocycles. The molecular weight excluding hydrogens is 390 g/mol. The fourth-order valence-electron chi connectivity index (χ4n) is 3.77. The summed E-state index contributed by atoms with van der Waals surface area (Å²) in [5, 5.41) is 2.71. The lowest BCUT2D eigenvalue weighted by Crippen LogP contribution is -2.23. The summed E-state index contributed by atoms with van der Waals surface area (Å²) in [6.45, 7) is 1.63. The van der Waals surface area contributed by atoms with Crippen LogP contribution in [-0.4, -0.2) is 37.4 Å². The molecular formula is C20H19N5O3S. The maximum atomic E-state index is 13.1. The molecule has 2 N–H and O–H groups in total. The highest BCUT2D eigenvalue weighted by atomic mass is 32.2. The maximum absolute atomic E-state index is 13.1. The van der Waals surface area contributed by atoms with Gasteiger partial charge in [-0.15, -0.1) is 0 Å². The van der Waals surface area contributed by atoms with Crippen molar-refractivity contribution in [2.75, 3.05) is 28.0 Å². The Balaban J connectivity index is 1.56. The first kappa shape index (κ1) is 17.9. The van der Waals surface area contributed by atoms with E-state index in [0.717, 1.165) is 31.4 Å². The lowest BCUT2D eigenvalue weighted by Gasteiger charge is -2.20. The number of nitrogens with zero attached hydrogens (tertiary/aromatic N) is 3. The minimum atomic E-state index is -3.89. The molecule has 1 aromatic heterocycles. The molecule has 0 saturated carbocycles. The van der Waals surface area contributed by atoms with Crippen LogP contribution in [0.25, 0.3) is 11.0 Å². The monoisotopic (exact) mass is 409 g/mol. The molecule has 0 radical (unpaired) electrons. The smallest absolute Gasteiger partial charge is 0.263 e. The molecule has 8 nitrogen and oxygen atoms in total. The van der Waals surface area contributed by atoms with E-state index in [1.54, 1.807) is 12.1 Å². The second-order valence-corrected chi connectivity index (χ2v) is 8.91. The molecule has 0 aliphatic carbocycles. The number of benzene rings is 2. The first-order chi connectivity index (χ1) is 14.0. The summed E-state index contributed by atoms with van der Waals surface area (Å²) in [5.41, 5.74) is 2.66. The number of sulfonamides is 1. The van der Waals surface area contributed by atoms with Crippen molar-refractivity contribution in [3.05, 3.63) is 48.0 Å². The molecule has 0 atom stereocenters. The van der Waals surface area contributed by atoms with Crippen molar-refractivity contribution >= 4 is 44.3 Å². The number of para-hydroxylation sites is 2. The summed E-state index contributed by atoms with van der Waals surface area (Å²) in [4.78, 5) is 23.0. The van der Waals surface area contributed by atoms with Crippen molar-refractivity contribution in [1.82, 2.24) is 9.97 Å². The van der Waals surface area contributed by atoms with Crippen molar-refractivity contribution in [2.45, 2.75) is 24.2 Å². The Morgan fingerprint density at radius 1 is 1.00 bits per heavy atom. The van der Waals surface area contributed by atoms with E-state index in [9.17, 15) is 13.2 Å². The molecule has 5 rings (SSSR count). The lowest BCUT2D eigenvalue weighted by molar-refractivity contribution is -0.115. The predicted octanol–water partition coefficient (Wildman–Crippen LogP) is 2.53. The highest BCUT2D eigenvalue weighted by Gasteiger charge is 2.25. The summed E-state index contributed by atoms with van der Waals surface area (Å²) in [5.74, 6) is 0.627. The molecule has 1 fully saturated rings. The van der Waals surface area contributed by atoms with Crippen LogP contribution in [-0.2, 0) is 21.2 Å². The second-order valence-electron chi connectivity index (χ2n) is 7.23. The minimum Gasteiger partial charge on any atom is -0.354 e. The second kappa shape index (κ2) is 6.70. The van der Waals surface area contributed by atoms with Gasteiger partial charge < -0.3 is 10.2 Å². The topological polar surface area (TPSA) is 104 Å². The molecule has 9 heteroatoms. The van der Waals surface area contributed by atoms with Crippen LogP contribution in [0.1, 0.15) is 18.4 Å². The number of nitrogens with one attached hydrogen (secondary N) is 2. The molecule has 3 aromatic rings. The standard InChI is InChI=1S/C20H19N5O3S/c26-18-12-13-11-14(7-8-15(13)21-18)29(27,28)24-19-20(25-9-3-4-10-25)23-17-6-2-1-5-16(17)22-19/h1-2,5-8,11H,3-4,9-10,12H2,(H,21,26)(H,22,24). The third kappa shape index (κ3) is 3.27. The Labute approximate surface area is 168 Å². The first-order valence-corrected chi connectivity index (χ1v) is 11.0. The van der Waals surface area contributed by atoms with E-state index in [4.69, 9.17) is 0 Å². The van der Waals surface area contributed by atoms with E-state index >= 15 is 0 Å². The van der Waals surface area contributed by atoms with Crippen molar-refractivity contribution in [3.8, 4) is 0 Å². The van der Waals surface area contributed by atoms with Gasteiger partial charge in [-0.2, -0.15) is 0 Å². The normalized spacial score (nSPS) is 16.1. The molecule has 0 spiro atoms. The van der Waals surface area contributed by atoms with Crippen LogP contribution in [0.2, 0.25) is 0 Å². The van der Waals surface area contributed by atoms with Crippen molar-refractivity contribution in [2.24, 2.45) is 0 Å². The van der Waals surface area contributed by atoms with Gasteiger partial charge in [-0.1, -0.05) is 12.1 Å². The van der Waals surface area contributed by atoms with Gasteiger partial charge in [0.25, 0.3) is 10.0 Å². The van der Waals surface area contributed by atoms with E-state index < -0.39 is 10.0 Å². The lowest BCUT2D eigenvalue weighted by atomic mass is 10.2. The van der Waals surface area contributed by atoms with Crippen LogP contribution in [0.4, 0.5) is 17.3 Å². The van der Waals surface area contributed by atoms with Gasteiger partial charge in [0.1, 0.15) is 0 Å². The number of amides is 1. The average Bonchev–Trinajstić information content (AvgIpc) is 3.35. The molecule has 0 bridgehead atoms. The van der Waals surface area contributed by atoms with E-state index in [0.29, 0.717) is 22.6 Å². The van der Waals surface area contributed by atoms with Crippen LogP contribution >= 0.6 is 0 Å². The van der Waals surface area contributed by atoms with E-state index in [-0.39, 0.29) is 23.0 Å². The highest BCUT2D eigenvalue weighted by molar-refractivity contribution is 7.92. The Morgan fingerprint density at radius 2 is 1.72 bits per heavy atom. The molecule has 29 heavy (non-hydrogen) atoms. The Morgan fingerprint density at radius 3 is 2.48 bits per heavy atom. The Hall–Kier alpha value is -3.20. The van der Waals surface area contributed by atoms with Gasteiger partial charge in [0.05, 0.1) is 22.3 Å². The fraction of sp³-hybridized carbons (Fsp3) is 0.250. The Kier molecular flexibility index (Phi) is 4.13. The van der Waals surface area contributed by atoms with Crippen molar-refractivity contribution < 1.29 is 13.2 Å². The van der Waals surface area contributed by atoms with E-state index in [2.05, 4.69) is 24.9 Å². The SMILES string of the molecule is O=C1Cc2cc(S(=O)(=O)Nc3nc4ccccc4nc3N3CCCC3)ccc2N1. The average molecular weight is 409 g/mol. The number of anilines is 3. The van der Waals surface area contributed by atoms with Crippen molar-refractivity contribution in [3.63, 3.8) is 0 Å². The van der Waals surface area contributed by atoms with E-state index in [1.165, 1.54) is 12.1 Å². The van der Waals surface area contributed by atoms with Gasteiger partial charge in [0.2, 0.25) is 5.91 Å². The third-order valence-corrected chi connectivity index (χ3v) is 6.54. The van der Waals surface area contributed by atoms with Gasteiger partial charge in [-0.3, -0.25) is 9.52 Å². The van der Waals surface area contributed by atoms with Crippen LogP contribution in [0.5, 0.6) is 0 Å². The molecule has 1 amide bonds. The summed E-state index contributed by atoms with van der Waals surface area (Å²) >= 11 is 0. The van der Waals surface area contributed by atoms with Gasteiger partial charge in [-0.05, 0) is 48.7 Å². The number of carbonyl (C=O) groups is 1. The molecule has 148 valence electrons. The van der Waals surface area contributed by atoms with Crippen LogP contribution < -0.4 is 14.9 Å². The summed E-state index contributed by atoms with van der Waals surface area (Å²) in [6.07, 6.45) is 2.24. The van der Waals surface area contributed by atoms with Crippen LogP contribution in [0.15, 0.2) is 47.4 Å². The summed E-state index contributed by atoms with van der Waals surface area (Å²) in [7, 11) is -3.89. The summed E-state index contributed by atoms with van der Waals surface area (Å²) < 4.78 is 28.8. The quantitative estimate of drug-likeness (QED) is 0.686. The number of carbonyl (C=O) groups excluding carboxylic acids is 1. The highest BCUT2D eigenvalue weighted by Crippen LogP contribution is 2.31. The number of rotatable bonds is 4. The van der Waals surface area contributed by atoms with Crippen LogP contribution in [0, 0.1) is 0 Å². The zero-order valence-electron chi connectivity index (χ0n) is 15.6. The summed E-state index contributed by atoms with van der Waals surface area (Å²) in [6, 6.07) is 12.0. The Bertz CT molecular complexity index is 1240. The number of hydrogen-bond acceptors (Lipinski definition) is 6. The molecule has 1 saturated heterocycles. The largest absolute Gasteiger partial charge is 0.354 e. The predicted molar refractivity (Wildman–Crippen MR) is 111 cm³/mol. The number of fused-ring (bicyclic) bond motifs is 2. The number of hydrogen-bond donors (Lipinski definition) is 2. The van der Waals surface area contributed by atoms with Crippen molar-refractivity contribution in [1.29, 1.82) is 0 Å². The molecule has 2 aliphatic heterocycles. The van der Waals surface area contributed by atoms with Gasteiger partial charge in [0.15, 0.2) is 11.6 Å². The minimum absolute atomic E-state index is 0.0927. The van der Waals surface area contributed by atoms with Gasteiger partial charge in [-0.25, -0.2) is 18.4 Å². The molecule has 0 unspecified atom stereocenters. The first-order valence-electron chi connectivity index (χ1n) is 9.47. The van der Waals surface area contributed by atoms with E-state index in [1.807, 2.05) is 18.2 Å².